The highest BCUT2D eigenvalue weighted by Gasteiger charge is 2.81. The summed E-state index contributed by atoms with van der Waals surface area (Å²) in [5, 5.41) is 33.5. The van der Waals surface area contributed by atoms with Crippen LogP contribution < -0.4 is 4.74 Å². The largest absolute Gasteiger partial charge is 0.507 e. The Morgan fingerprint density at radius 3 is 2.32 bits per heavy atom. The third-order valence-corrected chi connectivity index (χ3v) is 14.3. The van der Waals surface area contributed by atoms with Crippen LogP contribution in [-0.2, 0) is 4.74 Å². The molecule has 0 aromatic heterocycles. The van der Waals surface area contributed by atoms with Gasteiger partial charge in [-0.15, -0.1) is 0 Å². The van der Waals surface area contributed by atoms with Crippen LogP contribution in [0.2, 0.25) is 0 Å². The van der Waals surface area contributed by atoms with Crippen molar-refractivity contribution < 1.29 is 29.6 Å². The van der Waals surface area contributed by atoms with E-state index < -0.39 is 5.60 Å². The molecule has 1 aromatic rings. The van der Waals surface area contributed by atoms with E-state index in [2.05, 4.69) is 58.9 Å². The Bertz CT molecular complexity index is 1430. The minimum absolute atomic E-state index is 0.0134. The summed E-state index contributed by atoms with van der Waals surface area (Å²) in [5.41, 5.74) is -0.325. The minimum Gasteiger partial charge on any atom is -0.507 e. The molecule has 0 unspecified atom stereocenters. The highest BCUT2D eigenvalue weighted by atomic mass is 16.6. The number of phenols is 2. The fourth-order valence-electron chi connectivity index (χ4n) is 11.5. The van der Waals surface area contributed by atoms with Gasteiger partial charge in [0.15, 0.2) is 5.78 Å². The van der Waals surface area contributed by atoms with Gasteiger partial charge in [0.25, 0.3) is 0 Å². The first-order valence-electron chi connectivity index (χ1n) is 20.4. The number of phenolic OH excluding ortho intramolecular Hbond substituents is 2. The Balaban J connectivity index is 1.13. The van der Waals surface area contributed by atoms with Crippen LogP contribution in [0.1, 0.15) is 172 Å². The Morgan fingerprint density at radius 2 is 1.62 bits per heavy atom. The smallest absolute Gasteiger partial charge is 0.170 e. The molecule has 2 heterocycles. The zero-order chi connectivity index (χ0) is 35.7. The van der Waals surface area contributed by atoms with Crippen LogP contribution in [0.15, 0.2) is 30.4 Å². The number of aliphatic hydroxyl groups is 1. The van der Waals surface area contributed by atoms with Gasteiger partial charge in [0.05, 0.1) is 0 Å². The molecule has 50 heavy (non-hydrogen) atoms. The molecular weight excluding hydrogens is 624 g/mol. The molecule has 8 atom stereocenters. The van der Waals surface area contributed by atoms with E-state index in [9.17, 15) is 20.1 Å². The summed E-state index contributed by atoms with van der Waals surface area (Å²) < 4.78 is 14.0. The lowest BCUT2D eigenvalue weighted by molar-refractivity contribution is -0.190. The fourth-order valence-corrected chi connectivity index (χ4v) is 11.5. The fraction of sp³-hybridized carbons (Fsp3) is 0.750. The number of hydrogen-bond donors (Lipinski definition) is 3. The quantitative estimate of drug-likeness (QED) is 0.0651. The summed E-state index contributed by atoms with van der Waals surface area (Å²) in [6, 6.07) is 1.38. The highest BCUT2D eigenvalue weighted by Crippen LogP contribution is 2.77. The van der Waals surface area contributed by atoms with Gasteiger partial charge in [0.2, 0.25) is 0 Å². The summed E-state index contributed by atoms with van der Waals surface area (Å²) in [6.45, 7) is 11.5. The number of hydrogen-bond acceptors (Lipinski definition) is 6. The summed E-state index contributed by atoms with van der Waals surface area (Å²) >= 11 is 0. The molecule has 6 nitrogen and oxygen atoms in total. The molecule has 2 aliphatic heterocycles. The average Bonchev–Trinajstić information content (AvgIpc) is 3.76. The first kappa shape index (κ1) is 37.4. The van der Waals surface area contributed by atoms with Crippen LogP contribution in [0.3, 0.4) is 0 Å². The zero-order valence-electron chi connectivity index (χ0n) is 31.8. The number of ether oxygens (including phenoxy) is 2. The zero-order valence-corrected chi connectivity index (χ0v) is 31.8. The number of epoxide rings is 1. The number of aliphatic hydroxyl groups excluding tert-OH is 1. The number of carbonyl (C=O) groups is 1. The van der Waals surface area contributed by atoms with Crippen molar-refractivity contribution >= 4 is 5.78 Å². The van der Waals surface area contributed by atoms with Crippen LogP contribution in [-0.4, -0.2) is 45.0 Å². The molecule has 6 rings (SSSR count). The van der Waals surface area contributed by atoms with Crippen LogP contribution in [0.5, 0.6) is 17.2 Å². The van der Waals surface area contributed by atoms with E-state index >= 15 is 0 Å². The van der Waals surface area contributed by atoms with Gasteiger partial charge in [-0.1, -0.05) is 104 Å². The summed E-state index contributed by atoms with van der Waals surface area (Å²) in [4.78, 5) is 14.0. The molecule has 6 heteroatoms. The second kappa shape index (κ2) is 15.0. The molecule has 3 N–H and O–H groups in total. The van der Waals surface area contributed by atoms with Crippen molar-refractivity contribution in [2.75, 3.05) is 6.61 Å². The van der Waals surface area contributed by atoms with Crippen LogP contribution in [0, 0.1) is 28.6 Å². The molecule has 1 spiro atoms. The first-order chi connectivity index (χ1) is 24.0. The molecule has 5 aliphatic rings. The van der Waals surface area contributed by atoms with Crippen molar-refractivity contribution in [2.24, 2.45) is 28.6 Å². The van der Waals surface area contributed by atoms with Crippen LogP contribution in [0.4, 0.5) is 0 Å². The van der Waals surface area contributed by atoms with Gasteiger partial charge in [-0.25, -0.2) is 0 Å². The molecule has 0 bridgehead atoms. The normalized spacial score (nSPS) is 35.4. The van der Waals surface area contributed by atoms with Gasteiger partial charge in [-0.05, 0) is 86.9 Å². The van der Waals surface area contributed by atoms with E-state index in [1.165, 1.54) is 44.6 Å². The lowest BCUT2D eigenvalue weighted by Crippen LogP contribution is -2.67. The van der Waals surface area contributed by atoms with Crippen LogP contribution in [0.25, 0.3) is 0 Å². The summed E-state index contributed by atoms with van der Waals surface area (Å²) in [5.74, 6) is 0.674. The van der Waals surface area contributed by atoms with E-state index in [0.29, 0.717) is 23.7 Å². The third-order valence-electron chi connectivity index (χ3n) is 14.3. The predicted molar refractivity (Wildman–Crippen MR) is 200 cm³/mol. The Kier molecular flexibility index (Phi) is 11.2. The molecule has 278 valence electrons. The standard InChI is InChI=1S/C44H66O6/c1-6-7-8-9-10-11-12-13-14-15-16-17-18-19-20-22-32(46)38-34(48)28-33(47)37-31-27-36-41(4,29-45)24-21-25-42(36,5)35-23-26-43(30(2)3)40(50-43)44(31,35)49-39(37)38/h9-10,12-13,28,30-31,35-36,40,45,47-48H,6-8,11,14-27,29H2,1-5H3/b10-9+,13-12+/t31-,35+,36-,40-,41-,42+,43+,44+/m1/s1. The van der Waals surface area contributed by atoms with Gasteiger partial charge < -0.3 is 24.8 Å². The maximum absolute atomic E-state index is 14.0. The highest BCUT2D eigenvalue weighted by molar-refractivity contribution is 6.02. The topological polar surface area (TPSA) is 99.5 Å². The van der Waals surface area contributed by atoms with Crippen molar-refractivity contribution in [3.8, 4) is 17.2 Å². The number of benzene rings is 1. The minimum atomic E-state index is -0.704. The van der Waals surface area contributed by atoms with E-state index in [0.717, 1.165) is 70.6 Å². The monoisotopic (exact) mass is 690 g/mol. The van der Waals surface area contributed by atoms with Crippen molar-refractivity contribution in [2.45, 2.75) is 173 Å². The number of carbonyl (C=O) groups excluding carboxylic acids is 1. The van der Waals surface area contributed by atoms with Crippen molar-refractivity contribution in [1.29, 1.82) is 0 Å². The second-order valence-corrected chi connectivity index (χ2v) is 17.6. The number of unbranched alkanes of at least 4 members (excludes halogenated alkanes) is 8. The van der Waals surface area contributed by atoms with Crippen molar-refractivity contribution in [3.63, 3.8) is 0 Å². The number of rotatable bonds is 17. The number of fused-ring (bicyclic) bond motifs is 5. The van der Waals surface area contributed by atoms with Gasteiger partial charge in [0, 0.05) is 36.5 Å². The van der Waals surface area contributed by atoms with Gasteiger partial charge in [0.1, 0.15) is 40.1 Å². The lowest BCUT2D eigenvalue weighted by Gasteiger charge is -2.64. The number of aromatic hydroxyl groups is 2. The molecular formula is C44H66O6. The Hall–Kier alpha value is -2.31. The molecule has 1 aromatic carbocycles. The maximum atomic E-state index is 14.0. The van der Waals surface area contributed by atoms with Gasteiger partial charge in [-0.3, -0.25) is 4.79 Å². The number of Topliss-reactive ketones (excluding diaryl/α,β-unsaturated/α-hetero) is 1. The molecule has 4 fully saturated rings. The van der Waals surface area contributed by atoms with Crippen LogP contribution >= 0.6 is 0 Å². The second-order valence-electron chi connectivity index (χ2n) is 17.6. The average molecular weight is 691 g/mol. The third kappa shape index (κ3) is 6.37. The molecule has 3 saturated carbocycles. The van der Waals surface area contributed by atoms with E-state index in [1.54, 1.807) is 0 Å². The van der Waals surface area contributed by atoms with Crippen molar-refractivity contribution in [3.05, 3.63) is 41.5 Å². The molecule has 0 amide bonds. The number of allylic oxidation sites excluding steroid dienone is 4. The van der Waals surface area contributed by atoms with E-state index in [-0.39, 0.29) is 69.7 Å². The lowest BCUT2D eigenvalue weighted by atomic mass is 9.40. The summed E-state index contributed by atoms with van der Waals surface area (Å²) in [7, 11) is 0. The Morgan fingerprint density at radius 1 is 0.920 bits per heavy atom. The SMILES string of the molecule is CCCC/C=C/C/C=C/CCCCCCCCC(=O)c1c(O)cc(O)c2c1O[C@@]13[C@@H]2C[C@@H]2[C@@](C)(CO)CCC[C@@]2(C)[C@@H]1CC[C@@]1(C(C)C)O[C@@H]31. The van der Waals surface area contributed by atoms with Gasteiger partial charge >= 0.3 is 0 Å². The molecule has 3 aliphatic carbocycles. The van der Waals surface area contributed by atoms with E-state index in [1.807, 2.05) is 0 Å². The first-order valence-corrected chi connectivity index (χ1v) is 20.4. The van der Waals surface area contributed by atoms with Crippen molar-refractivity contribution in [1.82, 2.24) is 0 Å². The molecule has 0 radical (unpaired) electrons. The predicted octanol–water partition coefficient (Wildman–Crippen LogP) is 10.7. The van der Waals surface area contributed by atoms with E-state index in [4.69, 9.17) is 9.47 Å². The Labute approximate surface area is 302 Å². The maximum Gasteiger partial charge on any atom is 0.170 e. The number of ketones is 1. The molecule has 1 saturated heterocycles. The van der Waals surface area contributed by atoms with Gasteiger partial charge in [-0.2, -0.15) is 0 Å². The summed E-state index contributed by atoms with van der Waals surface area (Å²) in [6.07, 6.45) is 27.4.